The van der Waals surface area contributed by atoms with Gasteiger partial charge in [-0.05, 0) is 52.6 Å². The second kappa shape index (κ2) is 14.2. The van der Waals surface area contributed by atoms with Crippen LogP contribution in [0.5, 0.6) is 0 Å². The Hall–Kier alpha value is -6.33. The zero-order chi connectivity index (χ0) is 32.6. The number of nitrogens with one attached hydrogen (secondary N) is 2. The van der Waals surface area contributed by atoms with E-state index in [0.717, 1.165) is 44.2 Å². The summed E-state index contributed by atoms with van der Waals surface area (Å²) in [5, 5.41) is 19.2. The number of aromatic nitrogens is 3. The topological polar surface area (TPSA) is 86.4 Å². The molecule has 226 valence electrons. The van der Waals surface area contributed by atoms with Crippen LogP contribution < -0.4 is 0 Å². The summed E-state index contributed by atoms with van der Waals surface area (Å²) in [6.45, 7) is 6.22. The van der Waals surface area contributed by atoms with Crippen LogP contribution in [0.25, 0.3) is 50.2 Å². The number of benzene rings is 5. The largest absolute Gasteiger partial charge is 0.300 e. The molecule has 0 saturated carbocycles. The fourth-order valence-corrected chi connectivity index (χ4v) is 5.28. The molecule has 1 heterocycles. The van der Waals surface area contributed by atoms with Crippen LogP contribution in [0.4, 0.5) is 0 Å². The maximum absolute atomic E-state index is 8.67. The molecule has 0 saturated heterocycles. The van der Waals surface area contributed by atoms with Crippen molar-refractivity contribution in [3.63, 3.8) is 0 Å². The first-order chi connectivity index (χ1) is 23.0. The van der Waals surface area contributed by atoms with Crippen LogP contribution in [0.15, 0.2) is 164 Å². The summed E-state index contributed by atoms with van der Waals surface area (Å²) < 4.78 is 0. The van der Waals surface area contributed by atoms with Crippen LogP contribution in [-0.4, -0.2) is 26.4 Å². The zero-order valence-corrected chi connectivity index (χ0v) is 26.1. The standard InChI is InChI=1S/C42H33N5/c1-3-4-7-14-29(2)40-45-41(34-18-10-6-11-19-34)47-42(46-40)36-26-25-30-15-12-13-20-35(30)39(36)33-23-21-32(22-24-33)38(44)28-27-37(43)31-16-8-5-9-17-31/h3-28,43-44H,2H2,1H3/b4-3-,14-7-,28-27-,43-37?,44-38?. The lowest BCUT2D eigenvalue weighted by Crippen LogP contribution is -2.03. The van der Waals surface area contributed by atoms with Crippen molar-refractivity contribution in [2.75, 3.05) is 0 Å². The predicted molar refractivity (Wildman–Crippen MR) is 196 cm³/mol. The molecule has 0 bridgehead atoms. The first-order valence-electron chi connectivity index (χ1n) is 15.4. The molecule has 2 N–H and O–H groups in total. The normalized spacial score (nSPS) is 11.5. The first-order valence-corrected chi connectivity index (χ1v) is 15.4. The Morgan fingerprint density at radius 1 is 0.574 bits per heavy atom. The van der Waals surface area contributed by atoms with Gasteiger partial charge in [0.2, 0.25) is 0 Å². The molecule has 0 spiro atoms. The number of hydrogen-bond donors (Lipinski definition) is 2. The third-order valence-electron chi connectivity index (χ3n) is 7.71. The van der Waals surface area contributed by atoms with E-state index < -0.39 is 0 Å². The van der Waals surface area contributed by atoms with Gasteiger partial charge in [-0.25, -0.2) is 15.0 Å². The Kier molecular flexibility index (Phi) is 9.26. The lowest BCUT2D eigenvalue weighted by Gasteiger charge is -2.15. The molecule has 5 nitrogen and oxygen atoms in total. The quantitative estimate of drug-likeness (QED) is 0.120. The zero-order valence-electron chi connectivity index (χ0n) is 26.1. The van der Waals surface area contributed by atoms with Crippen LogP contribution >= 0.6 is 0 Å². The van der Waals surface area contributed by atoms with E-state index in [2.05, 4.69) is 30.8 Å². The van der Waals surface area contributed by atoms with Crippen LogP contribution in [0.3, 0.4) is 0 Å². The lowest BCUT2D eigenvalue weighted by molar-refractivity contribution is 1.04. The number of fused-ring (bicyclic) bond motifs is 1. The molecule has 1 aromatic heterocycles. The summed E-state index contributed by atoms with van der Waals surface area (Å²) in [4.78, 5) is 14.8. The Bertz CT molecular complexity index is 2170. The van der Waals surface area contributed by atoms with Gasteiger partial charge in [0, 0.05) is 22.3 Å². The Labute approximate surface area is 275 Å². The summed E-state index contributed by atoms with van der Waals surface area (Å²) >= 11 is 0. The SMILES string of the molecule is C=C(/C=C\C=C/C)c1nc(-c2ccccc2)nc(-c2ccc3ccccc3c2-c2ccc(C(=N)/C=C\C(=N)c3ccccc3)cc2)n1. The molecular formula is C42H33N5. The van der Waals surface area contributed by atoms with E-state index in [9.17, 15) is 0 Å². The van der Waals surface area contributed by atoms with E-state index in [1.807, 2.05) is 128 Å². The minimum atomic E-state index is 0.328. The fraction of sp³-hybridized carbons (Fsp3) is 0.0238. The molecule has 0 aliphatic heterocycles. The Balaban J connectivity index is 1.43. The molecule has 5 heteroatoms. The summed E-state index contributed by atoms with van der Waals surface area (Å²) in [7, 11) is 0. The molecule has 0 radical (unpaired) electrons. The molecule has 0 aliphatic rings. The minimum Gasteiger partial charge on any atom is -0.300 e. The van der Waals surface area contributed by atoms with E-state index in [0.29, 0.717) is 34.5 Å². The van der Waals surface area contributed by atoms with E-state index in [4.69, 9.17) is 25.8 Å². The molecule has 0 fully saturated rings. The van der Waals surface area contributed by atoms with Crippen molar-refractivity contribution in [2.24, 2.45) is 0 Å². The molecule has 6 rings (SSSR count). The van der Waals surface area contributed by atoms with Gasteiger partial charge in [0.25, 0.3) is 0 Å². The van der Waals surface area contributed by atoms with Gasteiger partial charge in [0.1, 0.15) is 0 Å². The molecule has 0 amide bonds. The van der Waals surface area contributed by atoms with Crippen LogP contribution in [0, 0.1) is 10.8 Å². The summed E-state index contributed by atoms with van der Waals surface area (Å²) in [6, 6.07) is 39.8. The van der Waals surface area contributed by atoms with Crippen molar-refractivity contribution >= 4 is 27.8 Å². The maximum atomic E-state index is 8.67. The molecule has 6 aromatic rings. The molecule has 5 aromatic carbocycles. The van der Waals surface area contributed by atoms with Gasteiger partial charge in [-0.15, -0.1) is 0 Å². The van der Waals surface area contributed by atoms with Gasteiger partial charge in [0.15, 0.2) is 17.5 Å². The first kappa shape index (κ1) is 30.7. The number of rotatable bonds is 10. The maximum Gasteiger partial charge on any atom is 0.164 e. The monoisotopic (exact) mass is 607 g/mol. The van der Waals surface area contributed by atoms with Gasteiger partial charge in [0.05, 0.1) is 11.4 Å². The predicted octanol–water partition coefficient (Wildman–Crippen LogP) is 10.2. The van der Waals surface area contributed by atoms with Crippen molar-refractivity contribution in [1.82, 2.24) is 15.0 Å². The van der Waals surface area contributed by atoms with Crippen LogP contribution in [0.1, 0.15) is 23.9 Å². The van der Waals surface area contributed by atoms with Gasteiger partial charge < -0.3 is 10.8 Å². The summed E-state index contributed by atoms with van der Waals surface area (Å²) in [5.41, 5.74) is 6.67. The van der Waals surface area contributed by atoms with E-state index in [1.165, 1.54) is 0 Å². The average Bonchev–Trinajstić information content (AvgIpc) is 3.14. The molecule has 0 unspecified atom stereocenters. The third kappa shape index (κ3) is 7.00. The number of hydrogen-bond acceptors (Lipinski definition) is 5. The second-order valence-electron chi connectivity index (χ2n) is 10.9. The lowest BCUT2D eigenvalue weighted by atomic mass is 9.92. The van der Waals surface area contributed by atoms with E-state index in [-0.39, 0.29) is 0 Å². The fourth-order valence-electron chi connectivity index (χ4n) is 5.28. The Morgan fingerprint density at radius 3 is 1.89 bits per heavy atom. The number of allylic oxidation sites excluding steroid dienone is 7. The molecule has 47 heavy (non-hydrogen) atoms. The molecule has 0 atom stereocenters. The highest BCUT2D eigenvalue weighted by molar-refractivity contribution is 6.14. The van der Waals surface area contributed by atoms with Crippen molar-refractivity contribution < 1.29 is 0 Å². The van der Waals surface area contributed by atoms with Crippen molar-refractivity contribution in [2.45, 2.75) is 6.92 Å². The Morgan fingerprint density at radius 2 is 1.19 bits per heavy atom. The smallest absolute Gasteiger partial charge is 0.164 e. The van der Waals surface area contributed by atoms with Gasteiger partial charge in [-0.3, -0.25) is 0 Å². The summed E-state index contributed by atoms with van der Waals surface area (Å²) in [5.74, 6) is 1.63. The van der Waals surface area contributed by atoms with Crippen LogP contribution in [0.2, 0.25) is 0 Å². The van der Waals surface area contributed by atoms with Crippen molar-refractivity contribution in [1.29, 1.82) is 10.8 Å². The summed E-state index contributed by atoms with van der Waals surface area (Å²) in [6.07, 6.45) is 11.1. The minimum absolute atomic E-state index is 0.328. The van der Waals surface area contributed by atoms with E-state index in [1.54, 1.807) is 12.2 Å². The van der Waals surface area contributed by atoms with E-state index >= 15 is 0 Å². The van der Waals surface area contributed by atoms with Gasteiger partial charge >= 0.3 is 0 Å². The highest BCUT2D eigenvalue weighted by atomic mass is 15.0. The highest BCUT2D eigenvalue weighted by Gasteiger charge is 2.18. The second-order valence-corrected chi connectivity index (χ2v) is 10.9. The number of nitrogens with zero attached hydrogens (tertiary/aromatic N) is 3. The molecular weight excluding hydrogens is 574 g/mol. The van der Waals surface area contributed by atoms with Crippen molar-refractivity contribution in [3.05, 3.63) is 181 Å². The third-order valence-corrected chi connectivity index (χ3v) is 7.71. The van der Waals surface area contributed by atoms with Gasteiger partial charge in [-0.2, -0.15) is 0 Å². The van der Waals surface area contributed by atoms with Crippen molar-refractivity contribution in [3.8, 4) is 33.9 Å². The average molecular weight is 608 g/mol. The van der Waals surface area contributed by atoms with Crippen LogP contribution in [-0.2, 0) is 0 Å². The molecule has 0 aliphatic carbocycles. The highest BCUT2D eigenvalue weighted by Crippen LogP contribution is 2.38. The van der Waals surface area contributed by atoms with Gasteiger partial charge in [-0.1, -0.05) is 146 Å².